The van der Waals surface area contributed by atoms with Crippen LogP contribution in [0.4, 0.5) is 0 Å². The number of nitrogens with one attached hydrogen (secondary N) is 1. The molecule has 5 N–H and O–H groups in total. The van der Waals surface area contributed by atoms with Gasteiger partial charge in [-0.05, 0) is 44.9 Å². The van der Waals surface area contributed by atoms with Gasteiger partial charge < -0.3 is 21.1 Å². The van der Waals surface area contributed by atoms with Crippen molar-refractivity contribution in [1.82, 2.24) is 5.32 Å². The third kappa shape index (κ3) is 34.9. The van der Waals surface area contributed by atoms with Crippen molar-refractivity contribution in [2.24, 2.45) is 5.73 Å². The summed E-state index contributed by atoms with van der Waals surface area (Å²) in [6.07, 6.45) is 41.9. The van der Waals surface area contributed by atoms with Gasteiger partial charge in [0.05, 0.1) is 25.4 Å². The largest absolute Gasteiger partial charge is 0.472 e. The average Bonchev–Trinajstić information content (AvgIpc) is 3.09. The summed E-state index contributed by atoms with van der Waals surface area (Å²) in [6, 6.07) is -0.879. The highest BCUT2D eigenvalue weighted by Gasteiger charge is 2.26. The molecule has 0 fully saturated rings. The fraction of sp³-hybridized carbons (Fsp3) is 0.825. The Morgan fingerprint density at radius 2 is 1.08 bits per heavy atom. The van der Waals surface area contributed by atoms with E-state index in [9.17, 15) is 19.4 Å². The van der Waals surface area contributed by atoms with Crippen LogP contribution in [0.1, 0.15) is 181 Å². The highest BCUT2D eigenvalue weighted by Crippen LogP contribution is 2.43. The third-order valence-corrected chi connectivity index (χ3v) is 9.68. The summed E-state index contributed by atoms with van der Waals surface area (Å²) < 4.78 is 22.0. The van der Waals surface area contributed by atoms with Gasteiger partial charge in [0, 0.05) is 13.0 Å². The molecule has 1 amide bonds. The highest BCUT2D eigenvalue weighted by atomic mass is 31.2. The van der Waals surface area contributed by atoms with Gasteiger partial charge >= 0.3 is 7.82 Å². The number of nitrogens with two attached hydrogens (primary N) is 1. The van der Waals surface area contributed by atoms with Crippen molar-refractivity contribution in [3.63, 3.8) is 0 Å². The molecule has 3 unspecified atom stereocenters. The van der Waals surface area contributed by atoms with Crippen LogP contribution >= 0.6 is 7.82 Å². The van der Waals surface area contributed by atoms with E-state index in [-0.39, 0.29) is 25.7 Å². The maximum atomic E-state index is 12.7. The van der Waals surface area contributed by atoms with Gasteiger partial charge in [-0.15, -0.1) is 0 Å². The SMILES string of the molecule is CCCCCC/C=C/CC/C=C/CC/C=C/C(O)C(COP(=O)(O)OCCN)NC(=O)CCCCCCCCCCCCCCCCCC. The van der Waals surface area contributed by atoms with Crippen molar-refractivity contribution < 1.29 is 28.4 Å². The molecule has 0 aliphatic carbocycles. The monoisotopic (exact) mass is 713 g/mol. The van der Waals surface area contributed by atoms with Crippen molar-refractivity contribution >= 4 is 13.7 Å². The van der Waals surface area contributed by atoms with Crippen molar-refractivity contribution in [3.05, 3.63) is 36.5 Å². The average molecular weight is 713 g/mol. The lowest BCUT2D eigenvalue weighted by molar-refractivity contribution is -0.123. The molecular weight excluding hydrogens is 635 g/mol. The lowest BCUT2D eigenvalue weighted by Gasteiger charge is -2.23. The molecule has 8 nitrogen and oxygen atoms in total. The lowest BCUT2D eigenvalue weighted by Crippen LogP contribution is -2.45. The number of allylic oxidation sites excluding steroid dienone is 5. The number of hydrogen-bond acceptors (Lipinski definition) is 6. The maximum Gasteiger partial charge on any atom is 0.472 e. The summed E-state index contributed by atoms with van der Waals surface area (Å²) in [5.74, 6) is -0.208. The number of phosphoric ester groups is 1. The summed E-state index contributed by atoms with van der Waals surface area (Å²) in [6.45, 7) is 4.08. The molecule has 0 aromatic heterocycles. The second-order valence-electron chi connectivity index (χ2n) is 13.5. The molecule has 0 spiro atoms. The maximum absolute atomic E-state index is 12.7. The van der Waals surface area contributed by atoms with Gasteiger partial charge in [0.25, 0.3) is 0 Å². The molecule has 0 saturated carbocycles. The zero-order valence-corrected chi connectivity index (χ0v) is 32.6. The summed E-state index contributed by atoms with van der Waals surface area (Å²) in [7, 11) is -4.34. The Balaban J connectivity index is 4.32. The van der Waals surface area contributed by atoms with Crippen molar-refractivity contribution in [1.29, 1.82) is 0 Å². The lowest BCUT2D eigenvalue weighted by atomic mass is 10.0. The first-order chi connectivity index (χ1) is 23.9. The summed E-state index contributed by atoms with van der Waals surface area (Å²) in [5.41, 5.74) is 5.36. The topological polar surface area (TPSA) is 131 Å². The van der Waals surface area contributed by atoms with Crippen LogP contribution in [-0.2, 0) is 18.4 Å². The molecule has 0 saturated heterocycles. The fourth-order valence-electron chi connectivity index (χ4n) is 5.63. The molecule has 9 heteroatoms. The van der Waals surface area contributed by atoms with Gasteiger partial charge in [0.2, 0.25) is 5.91 Å². The minimum atomic E-state index is -4.34. The van der Waals surface area contributed by atoms with Crippen LogP contribution < -0.4 is 11.1 Å². The number of amides is 1. The van der Waals surface area contributed by atoms with E-state index in [1.807, 2.05) is 6.08 Å². The Labute approximate surface area is 301 Å². The van der Waals surface area contributed by atoms with E-state index in [1.165, 1.54) is 116 Å². The summed E-state index contributed by atoms with van der Waals surface area (Å²) >= 11 is 0. The van der Waals surface area contributed by atoms with Crippen LogP contribution in [-0.4, -0.2) is 47.8 Å². The van der Waals surface area contributed by atoms with E-state index in [4.69, 9.17) is 14.8 Å². The van der Waals surface area contributed by atoms with E-state index in [0.717, 1.165) is 44.9 Å². The molecular formula is C40H77N2O6P. The van der Waals surface area contributed by atoms with Crippen molar-refractivity contribution in [2.45, 2.75) is 193 Å². The second kappa shape index (κ2) is 36.5. The minimum absolute atomic E-state index is 0.0724. The van der Waals surface area contributed by atoms with Crippen molar-refractivity contribution in [3.8, 4) is 0 Å². The van der Waals surface area contributed by atoms with E-state index in [0.29, 0.717) is 6.42 Å². The Morgan fingerprint density at radius 3 is 1.57 bits per heavy atom. The standard InChI is InChI=1S/C40H77N2O6P/c1-3-5-7-9-11-13-15-17-19-20-22-24-26-28-30-32-34-40(44)42-38(37-48-49(45,46)47-36-35-41)39(43)33-31-29-27-25-23-21-18-16-14-12-10-8-6-4-2/h14,16,23,25,31,33,38-39,43H,3-13,15,17-22,24,26-30,32,34-37,41H2,1-2H3,(H,42,44)(H,45,46)/b16-14+,25-23+,33-31+. The van der Waals surface area contributed by atoms with E-state index < -0.39 is 20.0 Å². The number of phosphoric acid groups is 1. The van der Waals surface area contributed by atoms with Gasteiger partial charge in [-0.2, -0.15) is 0 Å². The first kappa shape index (κ1) is 47.7. The van der Waals surface area contributed by atoms with Crippen LogP contribution in [0.5, 0.6) is 0 Å². The van der Waals surface area contributed by atoms with Crippen LogP contribution in [0.2, 0.25) is 0 Å². The number of unbranched alkanes of at least 4 members (excludes halogenated alkanes) is 21. The molecule has 3 atom stereocenters. The van der Waals surface area contributed by atoms with E-state index in [1.54, 1.807) is 6.08 Å². The number of hydrogen-bond donors (Lipinski definition) is 4. The third-order valence-electron chi connectivity index (χ3n) is 8.70. The highest BCUT2D eigenvalue weighted by molar-refractivity contribution is 7.47. The molecule has 0 aromatic rings. The Kier molecular flexibility index (Phi) is 35.6. The quantitative estimate of drug-likeness (QED) is 0.0286. The van der Waals surface area contributed by atoms with Crippen molar-refractivity contribution in [2.75, 3.05) is 19.8 Å². The Bertz CT molecular complexity index is 866. The van der Waals surface area contributed by atoms with Crippen LogP contribution in [0.25, 0.3) is 0 Å². The number of carbonyl (C=O) groups is 1. The zero-order valence-electron chi connectivity index (χ0n) is 31.7. The van der Waals surface area contributed by atoms with E-state index in [2.05, 4.69) is 43.5 Å². The van der Waals surface area contributed by atoms with Gasteiger partial charge in [0.15, 0.2) is 0 Å². The van der Waals surface area contributed by atoms with Crippen LogP contribution in [0, 0.1) is 0 Å². The number of carbonyl (C=O) groups excluding carboxylic acids is 1. The zero-order chi connectivity index (χ0) is 36.1. The molecule has 0 rings (SSSR count). The van der Waals surface area contributed by atoms with Crippen LogP contribution in [0.15, 0.2) is 36.5 Å². The fourth-order valence-corrected chi connectivity index (χ4v) is 6.39. The normalized spacial score (nSPS) is 14.6. The van der Waals surface area contributed by atoms with E-state index >= 15 is 0 Å². The number of aliphatic hydroxyl groups is 1. The summed E-state index contributed by atoms with van der Waals surface area (Å²) in [4.78, 5) is 22.6. The van der Waals surface area contributed by atoms with Gasteiger partial charge in [-0.25, -0.2) is 4.57 Å². The first-order valence-corrected chi connectivity index (χ1v) is 21.6. The summed E-state index contributed by atoms with van der Waals surface area (Å²) in [5, 5.41) is 13.6. The molecule has 288 valence electrons. The molecule has 0 aliphatic heterocycles. The minimum Gasteiger partial charge on any atom is -0.387 e. The molecule has 0 aromatic carbocycles. The van der Waals surface area contributed by atoms with Gasteiger partial charge in [-0.1, -0.05) is 166 Å². The molecule has 49 heavy (non-hydrogen) atoms. The molecule has 0 bridgehead atoms. The molecule has 0 radical (unpaired) electrons. The molecule has 0 aliphatic rings. The van der Waals surface area contributed by atoms with Gasteiger partial charge in [0.1, 0.15) is 0 Å². The number of rotatable bonds is 37. The molecule has 0 heterocycles. The Hall–Kier alpha value is -1.28. The Morgan fingerprint density at radius 1 is 0.653 bits per heavy atom. The first-order valence-electron chi connectivity index (χ1n) is 20.1. The second-order valence-corrected chi connectivity index (χ2v) is 14.9. The van der Waals surface area contributed by atoms with Crippen LogP contribution in [0.3, 0.4) is 0 Å². The van der Waals surface area contributed by atoms with Gasteiger partial charge in [-0.3, -0.25) is 13.8 Å². The predicted octanol–water partition coefficient (Wildman–Crippen LogP) is 10.8. The predicted molar refractivity (Wildman–Crippen MR) is 208 cm³/mol. The smallest absolute Gasteiger partial charge is 0.387 e. The number of aliphatic hydroxyl groups excluding tert-OH is 1.